The Morgan fingerprint density at radius 3 is 2.72 bits per heavy atom. The third-order valence-corrected chi connectivity index (χ3v) is 7.04. The quantitative estimate of drug-likeness (QED) is 0.134. The number of amides is 2. The molecule has 0 aliphatic heterocycles. The van der Waals surface area contributed by atoms with E-state index in [4.69, 9.17) is 4.74 Å². The predicted octanol–water partition coefficient (Wildman–Crippen LogP) is 4.65. The van der Waals surface area contributed by atoms with E-state index in [1.165, 1.54) is 18.3 Å². The monoisotopic (exact) mass is 648 g/mol. The van der Waals surface area contributed by atoms with Crippen LogP contribution < -0.4 is 16.0 Å². The number of ether oxygens (including phenoxy) is 2. The number of aromatic nitrogens is 5. The predicted molar refractivity (Wildman–Crippen MR) is 153 cm³/mol. The van der Waals surface area contributed by atoms with Gasteiger partial charge in [-0.15, -0.1) is 0 Å². The van der Waals surface area contributed by atoms with Crippen LogP contribution in [0.15, 0.2) is 43.0 Å². The van der Waals surface area contributed by atoms with Crippen LogP contribution in [0.2, 0.25) is 0 Å². The molecule has 46 heavy (non-hydrogen) atoms. The number of carbonyl (C=O) groups is 2. The highest BCUT2D eigenvalue weighted by atomic mass is 19.4. The first-order valence-electron chi connectivity index (χ1n) is 14.3. The Kier molecular flexibility index (Phi) is 10.2. The van der Waals surface area contributed by atoms with E-state index >= 15 is 0 Å². The van der Waals surface area contributed by atoms with Crippen LogP contribution in [0.5, 0.6) is 0 Å². The van der Waals surface area contributed by atoms with E-state index in [9.17, 15) is 31.5 Å². The van der Waals surface area contributed by atoms with Gasteiger partial charge in [0.25, 0.3) is 5.91 Å². The number of aromatic amines is 1. The summed E-state index contributed by atoms with van der Waals surface area (Å²) < 4.78 is 74.2. The second-order valence-electron chi connectivity index (χ2n) is 10.5. The molecule has 2 atom stereocenters. The van der Waals surface area contributed by atoms with Crippen molar-refractivity contribution in [1.82, 2.24) is 35.6 Å². The highest BCUT2D eigenvalue weighted by Gasteiger charge is 2.27. The molecular formula is C29H29F5N8O4. The van der Waals surface area contributed by atoms with Crippen molar-refractivity contribution >= 4 is 28.9 Å². The van der Waals surface area contributed by atoms with E-state index in [0.29, 0.717) is 41.4 Å². The molecule has 0 bridgehead atoms. The fourth-order valence-corrected chi connectivity index (χ4v) is 4.97. The fraction of sp³-hybridized carbons (Fsp3) is 0.379. The number of alkyl carbamates (subject to hydrolysis) is 1. The molecular weight excluding hydrogens is 619 g/mol. The summed E-state index contributed by atoms with van der Waals surface area (Å²) in [6, 6.07) is 3.83. The van der Waals surface area contributed by atoms with Crippen LogP contribution >= 0.6 is 0 Å². The maximum atomic E-state index is 14.7. The van der Waals surface area contributed by atoms with Gasteiger partial charge in [-0.2, -0.15) is 13.2 Å². The zero-order valence-electron chi connectivity index (χ0n) is 24.2. The van der Waals surface area contributed by atoms with Crippen molar-refractivity contribution in [2.24, 2.45) is 0 Å². The summed E-state index contributed by atoms with van der Waals surface area (Å²) in [5, 5.41) is 8.78. The summed E-state index contributed by atoms with van der Waals surface area (Å²) in [4.78, 5) is 44.2. The summed E-state index contributed by atoms with van der Waals surface area (Å²) in [7, 11) is 0. The van der Waals surface area contributed by atoms with E-state index in [1.54, 1.807) is 12.3 Å². The number of fused-ring (bicyclic) bond motifs is 1. The minimum absolute atomic E-state index is 0.0204. The number of halogens is 5. The van der Waals surface area contributed by atoms with Gasteiger partial charge in [-0.3, -0.25) is 9.78 Å². The number of nitrogens with zero attached hydrogens (tertiary/aromatic N) is 4. The molecule has 1 fully saturated rings. The van der Waals surface area contributed by atoms with Gasteiger partial charge in [0, 0.05) is 42.0 Å². The van der Waals surface area contributed by atoms with Crippen molar-refractivity contribution in [3.05, 3.63) is 65.9 Å². The number of pyridine rings is 2. The summed E-state index contributed by atoms with van der Waals surface area (Å²) in [5.74, 6) is -1.48. The highest BCUT2D eigenvalue weighted by Crippen LogP contribution is 2.28. The van der Waals surface area contributed by atoms with Gasteiger partial charge >= 0.3 is 12.3 Å². The molecule has 244 valence electrons. The second-order valence-corrected chi connectivity index (χ2v) is 10.5. The van der Waals surface area contributed by atoms with Crippen molar-refractivity contribution in [2.75, 3.05) is 25.1 Å². The minimum atomic E-state index is -4.45. The lowest BCUT2D eigenvalue weighted by Crippen LogP contribution is -2.42. The summed E-state index contributed by atoms with van der Waals surface area (Å²) in [5.41, 5.74) is 1.47. The van der Waals surface area contributed by atoms with Crippen molar-refractivity contribution in [3.8, 4) is 11.4 Å². The Bertz CT molecular complexity index is 1690. The van der Waals surface area contributed by atoms with Crippen molar-refractivity contribution in [3.63, 3.8) is 0 Å². The lowest BCUT2D eigenvalue weighted by atomic mass is 9.91. The maximum absolute atomic E-state index is 14.7. The molecule has 0 saturated heterocycles. The first kappa shape index (κ1) is 32.5. The zero-order valence-corrected chi connectivity index (χ0v) is 24.2. The highest BCUT2D eigenvalue weighted by molar-refractivity contribution is 5.93. The largest absolute Gasteiger partial charge is 0.445 e. The molecule has 0 unspecified atom stereocenters. The number of rotatable bonds is 11. The van der Waals surface area contributed by atoms with Crippen molar-refractivity contribution < 1.29 is 41.0 Å². The molecule has 17 heteroatoms. The molecule has 0 spiro atoms. The van der Waals surface area contributed by atoms with Crippen LogP contribution in [0.4, 0.5) is 32.6 Å². The zero-order chi connectivity index (χ0) is 32.7. The number of hydrogen-bond donors (Lipinski definition) is 4. The molecule has 4 aromatic heterocycles. The van der Waals surface area contributed by atoms with Crippen LogP contribution in [0.25, 0.3) is 22.4 Å². The Labute approximate surface area is 258 Å². The molecule has 4 heterocycles. The molecule has 0 radical (unpaired) electrons. The minimum Gasteiger partial charge on any atom is -0.445 e. The van der Waals surface area contributed by atoms with Crippen molar-refractivity contribution in [1.29, 1.82) is 0 Å². The van der Waals surface area contributed by atoms with Crippen LogP contribution in [0.1, 0.15) is 41.7 Å². The molecule has 1 saturated carbocycles. The van der Waals surface area contributed by atoms with E-state index in [-0.39, 0.29) is 49.2 Å². The van der Waals surface area contributed by atoms with Crippen LogP contribution in [0.3, 0.4) is 0 Å². The fourth-order valence-electron chi connectivity index (χ4n) is 4.97. The average Bonchev–Trinajstić information content (AvgIpc) is 3.44. The molecule has 1 aliphatic carbocycles. The number of hydrogen-bond acceptors (Lipinski definition) is 9. The van der Waals surface area contributed by atoms with E-state index in [1.807, 2.05) is 0 Å². The maximum Gasteiger partial charge on any atom is 0.411 e. The molecule has 4 N–H and O–H groups in total. The van der Waals surface area contributed by atoms with Crippen LogP contribution in [0, 0.1) is 11.6 Å². The molecule has 12 nitrogen and oxygen atoms in total. The topological polar surface area (TPSA) is 156 Å². The third kappa shape index (κ3) is 8.83. The first-order valence-corrected chi connectivity index (χ1v) is 14.3. The first-order chi connectivity index (χ1) is 22.0. The lowest BCUT2D eigenvalue weighted by molar-refractivity contribution is -0.173. The van der Waals surface area contributed by atoms with E-state index < -0.39 is 36.4 Å². The van der Waals surface area contributed by atoms with Crippen LogP contribution in [-0.4, -0.2) is 74.9 Å². The SMILES string of the molecule is O=C(NCCOCC(F)(F)F)OCc1ccnc(C(=O)N[C@H]2CCC[C@@H](Nc3nc(-c4c[nH]c5ncc(F)cc45)ncc3F)C2)c1. The average molecular weight is 649 g/mol. The number of alkyl halides is 3. The Morgan fingerprint density at radius 2 is 1.89 bits per heavy atom. The third-order valence-electron chi connectivity index (χ3n) is 7.04. The molecule has 5 rings (SSSR count). The molecule has 2 amide bonds. The van der Waals surface area contributed by atoms with Gasteiger partial charge in [-0.1, -0.05) is 0 Å². The smallest absolute Gasteiger partial charge is 0.411 e. The summed E-state index contributed by atoms with van der Waals surface area (Å²) in [6.45, 7) is -2.14. The van der Waals surface area contributed by atoms with Gasteiger partial charge < -0.3 is 30.4 Å². The summed E-state index contributed by atoms with van der Waals surface area (Å²) in [6.07, 6.45) is 2.37. The lowest BCUT2D eigenvalue weighted by Gasteiger charge is -2.30. The standard InChI is InChI=1S/C29H29F5N8O4/c30-17-9-20-21(12-38-24(20)37-11-17)25-39-13-22(31)26(42-25)40-18-2-1-3-19(10-18)41-27(43)23-8-16(4-5-35-23)14-46-28(44)36-6-7-45-15-29(32,33)34/h4-5,8-9,11-13,18-19H,1-3,6-7,10,14-15H2,(H,36,44)(H,37,38)(H,41,43)(H,39,40,42)/t18-,19+/m1/s1. The molecule has 4 aromatic rings. The van der Waals surface area contributed by atoms with Gasteiger partial charge in [-0.05, 0) is 49.4 Å². The second kappa shape index (κ2) is 14.4. The number of H-pyrrole nitrogens is 1. The Morgan fingerprint density at radius 1 is 1.07 bits per heavy atom. The van der Waals surface area contributed by atoms with E-state index in [2.05, 4.69) is 45.6 Å². The Hall–Kier alpha value is -4.93. The summed E-state index contributed by atoms with van der Waals surface area (Å²) >= 11 is 0. The van der Waals surface area contributed by atoms with Gasteiger partial charge in [0.1, 0.15) is 30.4 Å². The molecule has 0 aromatic carbocycles. The van der Waals surface area contributed by atoms with Gasteiger partial charge in [0.2, 0.25) is 0 Å². The van der Waals surface area contributed by atoms with Crippen LogP contribution in [-0.2, 0) is 16.1 Å². The number of carbonyl (C=O) groups excluding carboxylic acids is 2. The van der Waals surface area contributed by atoms with Gasteiger partial charge in [0.15, 0.2) is 17.5 Å². The van der Waals surface area contributed by atoms with E-state index in [0.717, 1.165) is 18.8 Å². The Balaban J connectivity index is 1.12. The molecule has 1 aliphatic rings. The number of anilines is 1. The normalized spacial score (nSPS) is 16.6. The van der Waals surface area contributed by atoms with Crippen molar-refractivity contribution in [2.45, 2.75) is 50.6 Å². The van der Waals surface area contributed by atoms with Gasteiger partial charge in [-0.25, -0.2) is 28.5 Å². The number of nitrogens with one attached hydrogen (secondary N) is 4. The van der Waals surface area contributed by atoms with Gasteiger partial charge in [0.05, 0.1) is 19.0 Å².